The van der Waals surface area contributed by atoms with Crippen LogP contribution in [-0.4, -0.2) is 39.3 Å². The number of hydrogen-bond acceptors (Lipinski definition) is 4. The van der Waals surface area contributed by atoms with Crippen LogP contribution in [0.15, 0.2) is 29.2 Å². The maximum absolute atomic E-state index is 12.0. The smallest absolute Gasteiger partial charge is 0.335 e. The maximum atomic E-state index is 12.0. The fraction of sp³-hybridized carbons (Fsp3) is 0.417. The van der Waals surface area contributed by atoms with Crippen molar-refractivity contribution in [2.75, 3.05) is 13.7 Å². The molecule has 0 radical (unpaired) electrons. The highest BCUT2D eigenvalue weighted by atomic mass is 32.2. The van der Waals surface area contributed by atoms with Gasteiger partial charge >= 0.3 is 5.97 Å². The average Bonchev–Trinajstić information content (AvgIpc) is 2.36. The normalized spacial score (nSPS) is 13.2. The molecule has 0 bridgehead atoms. The molecular weight excluding hydrogens is 270 g/mol. The Morgan fingerprint density at radius 3 is 2.74 bits per heavy atom. The van der Waals surface area contributed by atoms with E-state index in [2.05, 4.69) is 4.72 Å². The van der Waals surface area contributed by atoms with Crippen LogP contribution >= 0.6 is 0 Å². The second-order valence-corrected chi connectivity index (χ2v) is 5.85. The molecule has 106 valence electrons. The van der Waals surface area contributed by atoms with Crippen molar-refractivity contribution in [3.8, 4) is 0 Å². The second-order valence-electron chi connectivity index (χ2n) is 4.14. The molecule has 0 amide bonds. The molecule has 0 aliphatic heterocycles. The van der Waals surface area contributed by atoms with Crippen molar-refractivity contribution in [2.24, 2.45) is 0 Å². The number of sulfonamides is 1. The van der Waals surface area contributed by atoms with Crippen molar-refractivity contribution in [3.05, 3.63) is 29.8 Å². The van der Waals surface area contributed by atoms with Crippen LogP contribution < -0.4 is 4.72 Å². The van der Waals surface area contributed by atoms with Gasteiger partial charge in [0.05, 0.1) is 10.5 Å². The zero-order chi connectivity index (χ0) is 14.5. The van der Waals surface area contributed by atoms with Crippen LogP contribution in [0.5, 0.6) is 0 Å². The molecule has 0 aromatic heterocycles. The van der Waals surface area contributed by atoms with Gasteiger partial charge in [-0.2, -0.15) is 0 Å². The van der Waals surface area contributed by atoms with E-state index >= 15 is 0 Å². The number of carboxylic acids is 1. The van der Waals surface area contributed by atoms with Crippen molar-refractivity contribution in [1.29, 1.82) is 0 Å². The first-order valence-electron chi connectivity index (χ1n) is 5.71. The van der Waals surface area contributed by atoms with Crippen LogP contribution in [0.2, 0.25) is 0 Å². The largest absolute Gasteiger partial charge is 0.478 e. The molecule has 0 spiro atoms. The van der Waals surface area contributed by atoms with Crippen LogP contribution in [-0.2, 0) is 14.8 Å². The lowest BCUT2D eigenvalue weighted by atomic mass is 10.2. The van der Waals surface area contributed by atoms with E-state index in [4.69, 9.17) is 9.84 Å². The standard InChI is InChI=1S/C12H17NO5S/c1-9(6-7-18-2)13-19(16,17)11-5-3-4-10(8-11)12(14)15/h3-5,8-9,13H,6-7H2,1-2H3,(H,14,15). The number of carboxylic acid groups (broad SMARTS) is 1. The Bertz CT molecular complexity index is 541. The molecule has 1 unspecified atom stereocenters. The number of methoxy groups -OCH3 is 1. The summed E-state index contributed by atoms with van der Waals surface area (Å²) in [5.41, 5.74) is -0.0626. The molecule has 0 aliphatic rings. The van der Waals surface area contributed by atoms with Gasteiger partial charge in [0.15, 0.2) is 0 Å². The molecule has 2 N–H and O–H groups in total. The Morgan fingerprint density at radius 2 is 2.16 bits per heavy atom. The summed E-state index contributed by atoms with van der Waals surface area (Å²) in [5, 5.41) is 8.84. The van der Waals surface area contributed by atoms with Gasteiger partial charge in [-0.05, 0) is 31.5 Å². The van der Waals surface area contributed by atoms with Crippen LogP contribution in [0.3, 0.4) is 0 Å². The average molecular weight is 287 g/mol. The van der Waals surface area contributed by atoms with Crippen molar-refractivity contribution in [1.82, 2.24) is 4.72 Å². The lowest BCUT2D eigenvalue weighted by Crippen LogP contribution is -2.33. The molecular formula is C12H17NO5S. The van der Waals surface area contributed by atoms with E-state index in [0.717, 1.165) is 6.07 Å². The molecule has 1 aromatic rings. The maximum Gasteiger partial charge on any atom is 0.335 e. The van der Waals surface area contributed by atoms with Gasteiger partial charge in [0.25, 0.3) is 0 Å². The fourth-order valence-electron chi connectivity index (χ4n) is 1.48. The summed E-state index contributed by atoms with van der Waals surface area (Å²) in [4.78, 5) is 10.8. The Kier molecular flexibility index (Phi) is 5.46. The van der Waals surface area contributed by atoms with Gasteiger partial charge in [-0.3, -0.25) is 0 Å². The molecule has 1 rings (SSSR count). The number of aromatic carboxylic acids is 1. The van der Waals surface area contributed by atoms with Crippen molar-refractivity contribution in [2.45, 2.75) is 24.3 Å². The van der Waals surface area contributed by atoms with Crippen LogP contribution in [0.4, 0.5) is 0 Å². The number of rotatable bonds is 7. The first-order chi connectivity index (χ1) is 8.86. The third-order valence-corrected chi connectivity index (χ3v) is 4.09. The summed E-state index contributed by atoms with van der Waals surface area (Å²) < 4.78 is 31.4. The van der Waals surface area contributed by atoms with Crippen LogP contribution in [0.1, 0.15) is 23.7 Å². The minimum atomic E-state index is -3.71. The summed E-state index contributed by atoms with van der Waals surface area (Å²) in [6.07, 6.45) is 0.536. The summed E-state index contributed by atoms with van der Waals surface area (Å²) in [5.74, 6) is -1.16. The molecule has 0 fully saturated rings. The van der Waals surface area contributed by atoms with Gasteiger partial charge < -0.3 is 9.84 Å². The molecule has 0 heterocycles. The van der Waals surface area contributed by atoms with E-state index in [0.29, 0.717) is 13.0 Å². The Balaban J connectivity index is 2.88. The number of ether oxygens (including phenoxy) is 1. The second kappa shape index (κ2) is 6.65. The topological polar surface area (TPSA) is 92.7 Å². The van der Waals surface area contributed by atoms with Crippen LogP contribution in [0, 0.1) is 0 Å². The van der Waals surface area contributed by atoms with E-state index in [1.54, 1.807) is 6.92 Å². The zero-order valence-electron chi connectivity index (χ0n) is 10.8. The minimum Gasteiger partial charge on any atom is -0.478 e. The number of benzene rings is 1. The lowest BCUT2D eigenvalue weighted by molar-refractivity contribution is 0.0696. The Morgan fingerprint density at radius 1 is 1.47 bits per heavy atom. The van der Waals surface area contributed by atoms with Crippen molar-refractivity contribution < 1.29 is 23.1 Å². The van der Waals surface area contributed by atoms with E-state index in [-0.39, 0.29) is 16.5 Å². The highest BCUT2D eigenvalue weighted by Gasteiger charge is 2.18. The minimum absolute atomic E-state index is 0.0586. The summed E-state index contributed by atoms with van der Waals surface area (Å²) in [6.45, 7) is 2.16. The molecule has 19 heavy (non-hydrogen) atoms. The van der Waals surface area contributed by atoms with Crippen molar-refractivity contribution >= 4 is 16.0 Å². The van der Waals surface area contributed by atoms with Gasteiger partial charge in [0, 0.05) is 19.8 Å². The van der Waals surface area contributed by atoms with E-state index in [1.165, 1.54) is 25.3 Å². The number of nitrogens with one attached hydrogen (secondary N) is 1. The molecule has 0 aliphatic carbocycles. The van der Waals surface area contributed by atoms with E-state index < -0.39 is 16.0 Å². The molecule has 0 saturated carbocycles. The Hall–Kier alpha value is -1.44. The van der Waals surface area contributed by atoms with Gasteiger partial charge in [0.1, 0.15) is 0 Å². The number of hydrogen-bond donors (Lipinski definition) is 2. The van der Waals surface area contributed by atoms with Gasteiger partial charge in [0.2, 0.25) is 10.0 Å². The van der Waals surface area contributed by atoms with Gasteiger partial charge in [-0.1, -0.05) is 6.07 Å². The van der Waals surface area contributed by atoms with Crippen LogP contribution in [0.25, 0.3) is 0 Å². The summed E-state index contributed by atoms with van der Waals surface area (Å²) in [7, 11) is -2.18. The van der Waals surface area contributed by atoms with Crippen molar-refractivity contribution in [3.63, 3.8) is 0 Å². The van der Waals surface area contributed by atoms with E-state index in [1.807, 2.05) is 0 Å². The fourth-order valence-corrected chi connectivity index (χ4v) is 2.81. The predicted octanol–water partition coefficient (Wildman–Crippen LogP) is 1.09. The highest BCUT2D eigenvalue weighted by Crippen LogP contribution is 2.12. The molecule has 1 atom stereocenters. The quantitative estimate of drug-likeness (QED) is 0.783. The first kappa shape index (κ1) is 15.6. The molecule has 1 aromatic carbocycles. The molecule has 6 nitrogen and oxygen atoms in total. The number of carbonyl (C=O) groups is 1. The van der Waals surface area contributed by atoms with Gasteiger partial charge in [-0.25, -0.2) is 17.9 Å². The molecule has 0 saturated heterocycles. The first-order valence-corrected chi connectivity index (χ1v) is 7.20. The Labute approximate surface area is 112 Å². The highest BCUT2D eigenvalue weighted by molar-refractivity contribution is 7.89. The lowest BCUT2D eigenvalue weighted by Gasteiger charge is -2.13. The van der Waals surface area contributed by atoms with Gasteiger partial charge in [-0.15, -0.1) is 0 Å². The summed E-state index contributed by atoms with van der Waals surface area (Å²) >= 11 is 0. The SMILES string of the molecule is COCCC(C)NS(=O)(=O)c1cccc(C(=O)O)c1. The zero-order valence-corrected chi connectivity index (χ0v) is 11.6. The monoisotopic (exact) mass is 287 g/mol. The third-order valence-electron chi connectivity index (χ3n) is 2.50. The molecule has 7 heteroatoms. The summed E-state index contributed by atoms with van der Waals surface area (Å²) in [6, 6.07) is 4.94. The van der Waals surface area contributed by atoms with E-state index in [9.17, 15) is 13.2 Å². The predicted molar refractivity (Wildman–Crippen MR) is 69.7 cm³/mol. The third kappa shape index (κ3) is 4.62.